The standard InChI is InChI=1S/C29H26F3N3O4/c1-28(17-33)10-6-11-35(28)26(36)23-13-19(16-29(30,31)32)25-21-15-22(27(37)39-20-7-4-3-5-8-20)24(38-2)14-18(21)9-12-34(23)25/h3-5,7-8,13-15H,6,9-12,16H2,1-2H3/t28-/m1/s1. The molecule has 2 aliphatic heterocycles. The van der Waals surface area contributed by atoms with Gasteiger partial charge in [-0.25, -0.2) is 4.79 Å². The number of aryl methyl sites for hydroxylation is 1. The van der Waals surface area contributed by atoms with E-state index in [-0.39, 0.29) is 34.8 Å². The molecule has 0 saturated carbocycles. The number of hydrogen-bond donors (Lipinski definition) is 0. The number of amides is 1. The molecule has 1 fully saturated rings. The number of hydrogen-bond acceptors (Lipinski definition) is 5. The molecule has 0 radical (unpaired) electrons. The van der Waals surface area contributed by atoms with E-state index in [0.717, 1.165) is 0 Å². The third-order valence-corrected chi connectivity index (χ3v) is 7.37. The monoisotopic (exact) mass is 537 g/mol. The number of ether oxygens (including phenoxy) is 2. The van der Waals surface area contributed by atoms with Crippen LogP contribution >= 0.6 is 0 Å². The van der Waals surface area contributed by atoms with Gasteiger partial charge in [-0.2, -0.15) is 18.4 Å². The molecule has 1 amide bonds. The van der Waals surface area contributed by atoms with E-state index in [9.17, 15) is 28.0 Å². The second-order valence-corrected chi connectivity index (χ2v) is 9.96. The van der Waals surface area contributed by atoms with Crippen LogP contribution in [0.5, 0.6) is 11.5 Å². The minimum absolute atomic E-state index is 0.0530. The largest absolute Gasteiger partial charge is 0.496 e. The van der Waals surface area contributed by atoms with Crippen molar-refractivity contribution in [3.05, 3.63) is 70.9 Å². The lowest BCUT2D eigenvalue weighted by Gasteiger charge is -2.30. The second-order valence-electron chi connectivity index (χ2n) is 9.96. The Morgan fingerprint density at radius 2 is 1.87 bits per heavy atom. The molecule has 39 heavy (non-hydrogen) atoms. The molecule has 10 heteroatoms. The normalized spacial score (nSPS) is 18.2. The van der Waals surface area contributed by atoms with Gasteiger partial charge in [-0.15, -0.1) is 0 Å². The number of halogens is 3. The van der Waals surface area contributed by atoms with Crippen LogP contribution in [0.4, 0.5) is 13.2 Å². The van der Waals surface area contributed by atoms with E-state index in [1.807, 2.05) is 0 Å². The number of aromatic nitrogens is 1. The fourth-order valence-electron chi connectivity index (χ4n) is 5.49. The Kier molecular flexibility index (Phi) is 6.62. The summed E-state index contributed by atoms with van der Waals surface area (Å²) >= 11 is 0. The van der Waals surface area contributed by atoms with Gasteiger partial charge in [0.25, 0.3) is 5.91 Å². The summed E-state index contributed by atoms with van der Waals surface area (Å²) in [4.78, 5) is 28.2. The van der Waals surface area contributed by atoms with Crippen LogP contribution in [0.2, 0.25) is 0 Å². The van der Waals surface area contributed by atoms with Crippen molar-refractivity contribution in [2.45, 2.75) is 50.9 Å². The van der Waals surface area contributed by atoms with Crippen molar-refractivity contribution in [2.75, 3.05) is 13.7 Å². The predicted octanol–water partition coefficient (Wildman–Crippen LogP) is 5.56. The van der Waals surface area contributed by atoms with Gasteiger partial charge in [-0.05, 0) is 67.6 Å². The molecule has 0 bridgehead atoms. The second kappa shape index (κ2) is 9.80. The van der Waals surface area contributed by atoms with Crippen LogP contribution in [0, 0.1) is 11.3 Å². The van der Waals surface area contributed by atoms with Crippen molar-refractivity contribution in [1.82, 2.24) is 9.47 Å². The zero-order valence-corrected chi connectivity index (χ0v) is 21.5. The summed E-state index contributed by atoms with van der Waals surface area (Å²) in [6.07, 6.45) is -4.25. The van der Waals surface area contributed by atoms with Crippen LogP contribution in [0.15, 0.2) is 48.5 Å². The van der Waals surface area contributed by atoms with Crippen molar-refractivity contribution < 1.29 is 32.2 Å². The van der Waals surface area contributed by atoms with Crippen LogP contribution in [0.1, 0.15) is 51.7 Å². The topological polar surface area (TPSA) is 84.6 Å². The summed E-state index contributed by atoms with van der Waals surface area (Å²) < 4.78 is 53.6. The number of rotatable bonds is 5. The average molecular weight is 538 g/mol. The maximum atomic E-state index is 13.7. The Hall–Kier alpha value is -4.26. The van der Waals surface area contributed by atoms with Crippen molar-refractivity contribution in [1.29, 1.82) is 5.26 Å². The first-order valence-corrected chi connectivity index (χ1v) is 12.6. The first-order chi connectivity index (χ1) is 18.5. The fourth-order valence-corrected chi connectivity index (χ4v) is 5.49. The number of nitrogens with zero attached hydrogens (tertiary/aromatic N) is 3. The summed E-state index contributed by atoms with van der Waals surface area (Å²) in [7, 11) is 1.40. The molecule has 7 nitrogen and oxygen atoms in total. The SMILES string of the molecule is COc1cc2c(cc1C(=O)Oc1ccccc1)-c1c(CC(F)(F)F)cc(C(=O)N3CCC[C@]3(C)C#N)n1CC2. The van der Waals surface area contributed by atoms with Crippen LogP contribution in [-0.4, -0.2) is 46.7 Å². The fraction of sp³-hybridized carbons (Fsp3) is 0.345. The number of alkyl halides is 3. The van der Waals surface area contributed by atoms with E-state index in [1.165, 1.54) is 24.1 Å². The molecule has 0 aliphatic carbocycles. The van der Waals surface area contributed by atoms with Crippen molar-refractivity contribution in [3.63, 3.8) is 0 Å². The Morgan fingerprint density at radius 3 is 2.54 bits per heavy atom. The number of benzene rings is 2. The van der Waals surface area contributed by atoms with Gasteiger partial charge < -0.3 is 18.9 Å². The molecule has 1 atom stereocenters. The molecule has 5 rings (SSSR count). The highest BCUT2D eigenvalue weighted by Crippen LogP contribution is 2.41. The molecule has 1 aromatic heterocycles. The van der Waals surface area contributed by atoms with E-state index in [0.29, 0.717) is 42.7 Å². The van der Waals surface area contributed by atoms with Crippen LogP contribution in [0.25, 0.3) is 11.3 Å². The van der Waals surface area contributed by atoms with Gasteiger partial charge in [0.05, 0.1) is 25.3 Å². The van der Waals surface area contributed by atoms with E-state index in [2.05, 4.69) is 6.07 Å². The van der Waals surface area contributed by atoms with E-state index >= 15 is 0 Å². The van der Waals surface area contributed by atoms with Gasteiger partial charge in [0.15, 0.2) is 0 Å². The maximum absolute atomic E-state index is 13.7. The van der Waals surface area contributed by atoms with Crippen molar-refractivity contribution in [2.24, 2.45) is 0 Å². The summed E-state index contributed by atoms with van der Waals surface area (Å²) in [5.41, 5.74) is 0.382. The van der Waals surface area contributed by atoms with Crippen molar-refractivity contribution in [3.8, 4) is 28.8 Å². The summed E-state index contributed by atoms with van der Waals surface area (Å²) in [6.45, 7) is 2.28. The van der Waals surface area contributed by atoms with Crippen LogP contribution in [-0.2, 0) is 19.4 Å². The number of para-hydroxylation sites is 1. The number of fused-ring (bicyclic) bond motifs is 3. The first-order valence-electron chi connectivity index (χ1n) is 12.6. The lowest BCUT2D eigenvalue weighted by Crippen LogP contribution is -2.44. The van der Waals surface area contributed by atoms with Crippen LogP contribution < -0.4 is 9.47 Å². The van der Waals surface area contributed by atoms with Crippen molar-refractivity contribution >= 4 is 11.9 Å². The average Bonchev–Trinajstić information content (AvgIpc) is 3.48. The minimum Gasteiger partial charge on any atom is -0.496 e. The zero-order valence-electron chi connectivity index (χ0n) is 21.5. The number of carbonyl (C=O) groups excluding carboxylic acids is 2. The number of carbonyl (C=O) groups is 2. The molecule has 2 aromatic carbocycles. The van der Waals surface area contributed by atoms with Crippen LogP contribution in [0.3, 0.4) is 0 Å². The quantitative estimate of drug-likeness (QED) is 0.314. The third kappa shape index (κ3) is 4.85. The highest BCUT2D eigenvalue weighted by atomic mass is 19.4. The van der Waals surface area contributed by atoms with Gasteiger partial charge >= 0.3 is 12.1 Å². The molecule has 0 unspecified atom stereocenters. The lowest BCUT2D eigenvalue weighted by molar-refractivity contribution is -0.127. The minimum atomic E-state index is -4.53. The molecule has 0 spiro atoms. The first kappa shape index (κ1) is 26.4. The molecule has 1 saturated heterocycles. The Morgan fingerprint density at radius 1 is 1.13 bits per heavy atom. The molecule has 202 valence electrons. The molecular weight excluding hydrogens is 511 g/mol. The number of likely N-dealkylation sites (tertiary alicyclic amines) is 1. The number of methoxy groups -OCH3 is 1. The molecule has 3 heterocycles. The maximum Gasteiger partial charge on any atom is 0.393 e. The van der Waals surface area contributed by atoms with E-state index < -0.39 is 30.0 Å². The molecule has 2 aliphatic rings. The Labute approximate surface area is 223 Å². The van der Waals surface area contributed by atoms with Gasteiger partial charge in [-0.1, -0.05) is 18.2 Å². The van der Waals surface area contributed by atoms with E-state index in [1.54, 1.807) is 47.9 Å². The van der Waals surface area contributed by atoms with Gasteiger partial charge in [0.1, 0.15) is 28.3 Å². The Bertz CT molecular complexity index is 1490. The summed E-state index contributed by atoms with van der Waals surface area (Å²) in [6, 6.07) is 15.0. The third-order valence-electron chi connectivity index (χ3n) is 7.37. The lowest BCUT2D eigenvalue weighted by atomic mass is 9.93. The molecule has 3 aromatic rings. The predicted molar refractivity (Wildman–Crippen MR) is 136 cm³/mol. The Balaban J connectivity index is 1.63. The van der Waals surface area contributed by atoms with E-state index in [4.69, 9.17) is 9.47 Å². The molecule has 0 N–H and O–H groups in total. The number of nitriles is 1. The summed E-state index contributed by atoms with van der Waals surface area (Å²) in [5, 5.41) is 9.70. The highest BCUT2D eigenvalue weighted by molar-refractivity contribution is 5.98. The van der Waals surface area contributed by atoms with Gasteiger partial charge in [0.2, 0.25) is 0 Å². The molecular formula is C29H26F3N3O4. The van der Waals surface area contributed by atoms with Gasteiger partial charge in [-0.3, -0.25) is 4.79 Å². The number of esters is 1. The highest BCUT2D eigenvalue weighted by Gasteiger charge is 2.42. The smallest absolute Gasteiger partial charge is 0.393 e. The van der Waals surface area contributed by atoms with Gasteiger partial charge in [0, 0.05) is 18.7 Å². The zero-order chi connectivity index (χ0) is 27.9. The summed E-state index contributed by atoms with van der Waals surface area (Å²) in [5.74, 6) is -0.653.